The minimum atomic E-state index is -1.41. The van der Waals surface area contributed by atoms with Gasteiger partial charge in [0.05, 0.1) is 0 Å². The summed E-state index contributed by atoms with van der Waals surface area (Å²) in [6.07, 6.45) is 0. The summed E-state index contributed by atoms with van der Waals surface area (Å²) in [4.78, 5) is 50.3. The maximum absolute atomic E-state index is 13.0. The molecule has 5 amide bonds. The molecule has 3 aromatic rings. The summed E-state index contributed by atoms with van der Waals surface area (Å²) in [5, 5.41) is 8.55. The standard InChI is InChI=1S/C22H20N4O5/c1-22(17-11-14-5-3-4-6-16(14)31-17)20(29)26(21(30)25-22)12-18(27)24-15-9-7-13(8-10-15)19(28)23-2/h3-11H,12H2,1-2H3,(H,23,28)(H,24,27)(H,25,30)/t22-/m1/s1. The van der Waals surface area contributed by atoms with Crippen LogP contribution < -0.4 is 16.0 Å². The average Bonchev–Trinajstić information content (AvgIpc) is 3.29. The third-order valence-electron chi connectivity index (χ3n) is 5.15. The van der Waals surface area contributed by atoms with E-state index in [2.05, 4.69) is 16.0 Å². The zero-order chi connectivity index (χ0) is 22.2. The molecule has 0 radical (unpaired) electrons. The molecule has 4 rings (SSSR count). The highest BCUT2D eigenvalue weighted by Crippen LogP contribution is 2.32. The molecule has 0 spiro atoms. The number of rotatable bonds is 5. The van der Waals surface area contributed by atoms with Gasteiger partial charge in [0.15, 0.2) is 5.54 Å². The van der Waals surface area contributed by atoms with Gasteiger partial charge >= 0.3 is 6.03 Å². The molecule has 0 aliphatic carbocycles. The highest BCUT2D eigenvalue weighted by atomic mass is 16.3. The number of carbonyl (C=O) groups excluding carboxylic acids is 4. The number of urea groups is 1. The first-order valence-corrected chi connectivity index (χ1v) is 9.57. The number of carbonyl (C=O) groups is 4. The Morgan fingerprint density at radius 2 is 1.81 bits per heavy atom. The second kappa shape index (κ2) is 7.60. The second-order valence-electron chi connectivity index (χ2n) is 7.30. The van der Waals surface area contributed by atoms with Gasteiger partial charge in [0.1, 0.15) is 17.9 Å². The van der Waals surface area contributed by atoms with Crippen LogP contribution >= 0.6 is 0 Å². The highest BCUT2D eigenvalue weighted by molar-refractivity contribution is 6.10. The Labute approximate surface area is 177 Å². The molecule has 158 valence electrons. The summed E-state index contributed by atoms with van der Waals surface area (Å²) in [6.45, 7) is 1.08. The molecule has 0 bridgehead atoms. The van der Waals surface area contributed by atoms with Gasteiger partial charge in [-0.25, -0.2) is 4.79 Å². The van der Waals surface area contributed by atoms with Crippen molar-refractivity contribution in [3.05, 3.63) is 65.9 Å². The van der Waals surface area contributed by atoms with E-state index in [1.165, 1.54) is 7.05 Å². The van der Waals surface area contributed by atoms with Crippen molar-refractivity contribution in [2.45, 2.75) is 12.5 Å². The lowest BCUT2D eigenvalue weighted by atomic mass is 9.99. The van der Waals surface area contributed by atoms with Gasteiger partial charge in [-0.05, 0) is 43.3 Å². The van der Waals surface area contributed by atoms with Gasteiger partial charge in [-0.2, -0.15) is 0 Å². The van der Waals surface area contributed by atoms with E-state index in [0.717, 1.165) is 10.3 Å². The smallest absolute Gasteiger partial charge is 0.325 e. The first-order valence-electron chi connectivity index (χ1n) is 9.57. The SMILES string of the molecule is CNC(=O)c1ccc(NC(=O)CN2C(=O)N[C@](C)(c3cc4ccccc4o3)C2=O)cc1. The largest absolute Gasteiger partial charge is 0.458 e. The molecule has 9 heteroatoms. The fraction of sp³-hybridized carbons (Fsp3) is 0.182. The van der Waals surface area contributed by atoms with Crippen LogP contribution in [0.1, 0.15) is 23.0 Å². The number of benzene rings is 2. The van der Waals surface area contributed by atoms with E-state index in [0.29, 0.717) is 22.6 Å². The molecule has 0 saturated carbocycles. The Balaban J connectivity index is 1.47. The van der Waals surface area contributed by atoms with Crippen LogP contribution in [0.2, 0.25) is 0 Å². The number of nitrogens with zero attached hydrogens (tertiary/aromatic N) is 1. The van der Waals surface area contributed by atoms with E-state index < -0.39 is 29.9 Å². The van der Waals surface area contributed by atoms with Gasteiger partial charge < -0.3 is 20.4 Å². The van der Waals surface area contributed by atoms with Crippen LogP contribution in [0.4, 0.5) is 10.5 Å². The molecule has 1 aliphatic rings. The molecule has 3 N–H and O–H groups in total. The van der Waals surface area contributed by atoms with E-state index in [9.17, 15) is 19.2 Å². The van der Waals surface area contributed by atoms with Crippen LogP contribution in [0, 0.1) is 0 Å². The average molecular weight is 420 g/mol. The molecule has 1 saturated heterocycles. The molecule has 0 unspecified atom stereocenters. The number of amides is 5. The molecular formula is C22H20N4O5. The van der Waals surface area contributed by atoms with Crippen LogP contribution in [0.5, 0.6) is 0 Å². The van der Waals surface area contributed by atoms with Crippen LogP contribution in [-0.4, -0.2) is 42.2 Å². The van der Waals surface area contributed by atoms with Crippen LogP contribution in [0.3, 0.4) is 0 Å². The van der Waals surface area contributed by atoms with Crippen molar-refractivity contribution in [2.75, 3.05) is 18.9 Å². The van der Waals surface area contributed by atoms with Gasteiger partial charge in [0.2, 0.25) is 5.91 Å². The number of anilines is 1. The van der Waals surface area contributed by atoms with Gasteiger partial charge in [-0.3, -0.25) is 19.3 Å². The molecule has 9 nitrogen and oxygen atoms in total. The van der Waals surface area contributed by atoms with Crippen LogP contribution in [0.15, 0.2) is 59.0 Å². The molecule has 1 aliphatic heterocycles. The van der Waals surface area contributed by atoms with Crippen molar-refractivity contribution >= 4 is 40.4 Å². The quantitative estimate of drug-likeness (QED) is 0.547. The summed E-state index contributed by atoms with van der Waals surface area (Å²) >= 11 is 0. The van der Waals surface area contributed by atoms with E-state index in [4.69, 9.17) is 4.42 Å². The Hall–Kier alpha value is -4.14. The normalized spacial score (nSPS) is 18.2. The first kappa shape index (κ1) is 20.1. The Bertz CT molecular complexity index is 1170. The fourth-order valence-electron chi connectivity index (χ4n) is 3.43. The summed E-state index contributed by atoms with van der Waals surface area (Å²) in [7, 11) is 1.52. The number of para-hydroxylation sites is 1. The Morgan fingerprint density at radius 3 is 2.48 bits per heavy atom. The lowest BCUT2D eigenvalue weighted by Gasteiger charge is -2.18. The maximum Gasteiger partial charge on any atom is 0.325 e. The third kappa shape index (κ3) is 3.61. The predicted molar refractivity (Wildman–Crippen MR) is 112 cm³/mol. The van der Waals surface area contributed by atoms with Gasteiger partial charge in [-0.1, -0.05) is 18.2 Å². The van der Waals surface area contributed by atoms with Crippen molar-refractivity contribution in [3.63, 3.8) is 0 Å². The van der Waals surface area contributed by atoms with Crippen LogP contribution in [0.25, 0.3) is 11.0 Å². The number of imide groups is 1. The monoisotopic (exact) mass is 420 g/mol. The van der Waals surface area contributed by atoms with Gasteiger partial charge in [-0.15, -0.1) is 0 Å². The molecule has 1 fully saturated rings. The minimum absolute atomic E-state index is 0.248. The van der Waals surface area contributed by atoms with Gasteiger partial charge in [0.25, 0.3) is 11.8 Å². The number of hydrogen-bond acceptors (Lipinski definition) is 5. The molecule has 31 heavy (non-hydrogen) atoms. The Kier molecular flexibility index (Phi) is 4.94. The molecule has 1 aromatic heterocycles. The molecule has 2 heterocycles. The van der Waals surface area contributed by atoms with E-state index in [1.807, 2.05) is 18.2 Å². The topological polar surface area (TPSA) is 121 Å². The zero-order valence-electron chi connectivity index (χ0n) is 16.9. The minimum Gasteiger partial charge on any atom is -0.458 e. The van der Waals surface area contributed by atoms with Crippen molar-refractivity contribution < 1.29 is 23.6 Å². The number of furan rings is 1. The van der Waals surface area contributed by atoms with E-state index in [-0.39, 0.29) is 5.91 Å². The summed E-state index contributed by atoms with van der Waals surface area (Å²) in [5.41, 5.74) is 0.0593. The van der Waals surface area contributed by atoms with Crippen molar-refractivity contribution in [1.29, 1.82) is 0 Å². The lowest BCUT2D eigenvalue weighted by molar-refractivity contribution is -0.134. The molecule has 1 atom stereocenters. The Morgan fingerprint density at radius 1 is 1.10 bits per heavy atom. The molecule has 2 aromatic carbocycles. The van der Waals surface area contributed by atoms with Crippen LogP contribution in [-0.2, 0) is 15.1 Å². The number of nitrogens with one attached hydrogen (secondary N) is 3. The maximum atomic E-state index is 13.0. The van der Waals surface area contributed by atoms with Crippen molar-refractivity contribution in [3.8, 4) is 0 Å². The third-order valence-corrected chi connectivity index (χ3v) is 5.15. The highest BCUT2D eigenvalue weighted by Gasteiger charge is 2.51. The predicted octanol–water partition coefficient (Wildman–Crippen LogP) is 2.20. The van der Waals surface area contributed by atoms with E-state index in [1.54, 1.807) is 43.3 Å². The summed E-state index contributed by atoms with van der Waals surface area (Å²) in [5.74, 6) is -1.09. The first-order chi connectivity index (χ1) is 14.8. The second-order valence-corrected chi connectivity index (χ2v) is 7.30. The van der Waals surface area contributed by atoms with E-state index >= 15 is 0 Å². The molecular weight excluding hydrogens is 400 g/mol. The van der Waals surface area contributed by atoms with Gasteiger partial charge in [0, 0.05) is 23.7 Å². The number of hydrogen-bond donors (Lipinski definition) is 3. The summed E-state index contributed by atoms with van der Waals surface area (Å²) in [6, 6.07) is 14.5. The fourth-order valence-corrected chi connectivity index (χ4v) is 3.43. The summed E-state index contributed by atoms with van der Waals surface area (Å²) < 4.78 is 5.77. The number of fused-ring (bicyclic) bond motifs is 1. The van der Waals surface area contributed by atoms with Crippen molar-refractivity contribution in [2.24, 2.45) is 0 Å². The zero-order valence-corrected chi connectivity index (χ0v) is 16.9. The lowest BCUT2D eigenvalue weighted by Crippen LogP contribution is -2.41. The van der Waals surface area contributed by atoms with Crippen molar-refractivity contribution in [1.82, 2.24) is 15.5 Å².